The number of rotatable bonds is 4. The second-order valence-corrected chi connectivity index (χ2v) is 3.52. The Kier molecular flexibility index (Phi) is 3.67. The molecule has 7 nitrogen and oxygen atoms in total. The van der Waals surface area contributed by atoms with Crippen LogP contribution in [-0.2, 0) is 0 Å². The van der Waals surface area contributed by atoms with Crippen molar-refractivity contribution in [3.8, 4) is 0 Å². The Morgan fingerprint density at radius 2 is 2.21 bits per heavy atom. The van der Waals surface area contributed by atoms with Crippen molar-refractivity contribution in [2.45, 2.75) is 0 Å². The van der Waals surface area contributed by atoms with Crippen LogP contribution in [0.2, 0.25) is 0 Å². The van der Waals surface area contributed by atoms with Crippen LogP contribution in [-0.4, -0.2) is 17.0 Å². The number of carbonyl (C=O) groups is 1. The second-order valence-electron chi connectivity index (χ2n) is 3.52. The molecule has 1 heterocycles. The molecule has 7 heteroatoms. The van der Waals surface area contributed by atoms with Crippen molar-refractivity contribution in [1.29, 1.82) is 0 Å². The lowest BCUT2D eigenvalue weighted by Gasteiger charge is -1.99. The van der Waals surface area contributed by atoms with E-state index in [1.807, 2.05) is 0 Å². The minimum absolute atomic E-state index is 0.150. The quantitative estimate of drug-likeness (QED) is 0.515. The van der Waals surface area contributed by atoms with Gasteiger partial charge < -0.3 is 4.42 Å². The zero-order valence-corrected chi connectivity index (χ0v) is 9.65. The molecule has 0 radical (unpaired) electrons. The van der Waals surface area contributed by atoms with Crippen molar-refractivity contribution < 1.29 is 14.1 Å². The number of nitro benzene ring substituents is 1. The summed E-state index contributed by atoms with van der Waals surface area (Å²) in [5, 5.41) is 14.3. The maximum atomic E-state index is 11.7. The van der Waals surface area contributed by atoms with E-state index >= 15 is 0 Å². The lowest BCUT2D eigenvalue weighted by atomic mass is 10.2. The highest BCUT2D eigenvalue weighted by Gasteiger charge is 2.10. The minimum atomic E-state index is -0.567. The number of non-ortho nitro benzene ring substituents is 1. The lowest BCUT2D eigenvalue weighted by molar-refractivity contribution is -0.384. The maximum absolute atomic E-state index is 11.7. The van der Waals surface area contributed by atoms with Crippen molar-refractivity contribution in [2.75, 3.05) is 0 Å². The summed E-state index contributed by atoms with van der Waals surface area (Å²) in [6, 6.07) is 8.74. The fourth-order valence-corrected chi connectivity index (χ4v) is 1.34. The summed E-state index contributed by atoms with van der Waals surface area (Å²) in [4.78, 5) is 21.7. The summed E-state index contributed by atoms with van der Waals surface area (Å²) in [7, 11) is 0. The Bertz CT molecular complexity index is 620. The minimum Gasteiger partial charge on any atom is -0.463 e. The van der Waals surface area contributed by atoms with Gasteiger partial charge in [0.05, 0.1) is 17.4 Å². The van der Waals surface area contributed by atoms with E-state index in [0.717, 1.165) is 0 Å². The Hall–Kier alpha value is -2.96. The van der Waals surface area contributed by atoms with Crippen LogP contribution in [0.1, 0.15) is 16.1 Å². The predicted molar refractivity (Wildman–Crippen MR) is 66.9 cm³/mol. The van der Waals surface area contributed by atoms with Crippen molar-refractivity contribution in [2.24, 2.45) is 5.10 Å². The van der Waals surface area contributed by atoms with Crippen LogP contribution in [0.4, 0.5) is 5.69 Å². The van der Waals surface area contributed by atoms with Crippen molar-refractivity contribution >= 4 is 17.8 Å². The topological polar surface area (TPSA) is 97.7 Å². The molecule has 0 bridgehead atoms. The number of hydrogen-bond acceptors (Lipinski definition) is 5. The van der Waals surface area contributed by atoms with Gasteiger partial charge in [-0.25, -0.2) is 5.43 Å². The van der Waals surface area contributed by atoms with Gasteiger partial charge in [-0.2, -0.15) is 5.10 Å². The van der Waals surface area contributed by atoms with Crippen LogP contribution in [0.25, 0.3) is 0 Å². The fourth-order valence-electron chi connectivity index (χ4n) is 1.34. The van der Waals surface area contributed by atoms with Gasteiger partial charge in [0, 0.05) is 17.7 Å². The largest absolute Gasteiger partial charge is 0.463 e. The van der Waals surface area contributed by atoms with Crippen molar-refractivity contribution in [3.05, 3.63) is 64.1 Å². The van der Waals surface area contributed by atoms with E-state index in [1.54, 1.807) is 12.1 Å². The Labute approximate surface area is 107 Å². The highest BCUT2D eigenvalue weighted by Crippen LogP contribution is 2.12. The Morgan fingerprint density at radius 3 is 2.89 bits per heavy atom. The third kappa shape index (κ3) is 3.25. The molecule has 0 aliphatic rings. The summed E-state index contributed by atoms with van der Waals surface area (Å²) in [5.74, 6) is -0.0501. The monoisotopic (exact) mass is 259 g/mol. The molecule has 0 spiro atoms. The van der Waals surface area contributed by atoms with Crippen LogP contribution in [0.5, 0.6) is 0 Å². The van der Waals surface area contributed by atoms with E-state index in [9.17, 15) is 14.9 Å². The van der Waals surface area contributed by atoms with Gasteiger partial charge in [0.2, 0.25) is 0 Å². The average Bonchev–Trinajstić information content (AvgIpc) is 2.92. The molecule has 0 atom stereocenters. The molecule has 2 rings (SSSR count). The molecule has 0 fully saturated rings. The van der Waals surface area contributed by atoms with Gasteiger partial charge in [0.15, 0.2) is 0 Å². The molecule has 1 N–H and O–H groups in total. The van der Waals surface area contributed by atoms with E-state index in [-0.39, 0.29) is 11.3 Å². The molecule has 0 aliphatic carbocycles. The molecule has 0 saturated carbocycles. The number of furan rings is 1. The van der Waals surface area contributed by atoms with Crippen LogP contribution in [0, 0.1) is 10.1 Å². The van der Waals surface area contributed by atoms with Gasteiger partial charge in [0.25, 0.3) is 11.6 Å². The molecular formula is C12H9N3O4. The number of nitrogens with one attached hydrogen (secondary N) is 1. The summed E-state index contributed by atoms with van der Waals surface area (Å²) >= 11 is 0. The third-order valence-electron chi connectivity index (χ3n) is 2.22. The molecule has 0 unspecified atom stereocenters. The SMILES string of the molecule is O=C(NN=Cc1ccco1)c1cccc([N+](=O)[O-])c1. The molecule has 1 aromatic carbocycles. The van der Waals surface area contributed by atoms with Crippen LogP contribution >= 0.6 is 0 Å². The predicted octanol–water partition coefficient (Wildman–Crippen LogP) is 1.95. The zero-order valence-electron chi connectivity index (χ0n) is 9.65. The molecular weight excluding hydrogens is 250 g/mol. The van der Waals surface area contributed by atoms with E-state index in [1.165, 1.54) is 36.7 Å². The number of hydrazone groups is 1. The molecule has 1 amide bonds. The Morgan fingerprint density at radius 1 is 1.37 bits per heavy atom. The van der Waals surface area contributed by atoms with E-state index in [4.69, 9.17) is 4.42 Å². The van der Waals surface area contributed by atoms with Gasteiger partial charge in [-0.3, -0.25) is 14.9 Å². The second kappa shape index (κ2) is 5.58. The molecule has 96 valence electrons. The summed E-state index contributed by atoms with van der Waals surface area (Å²) in [6.07, 6.45) is 2.80. The highest BCUT2D eigenvalue weighted by atomic mass is 16.6. The fraction of sp³-hybridized carbons (Fsp3) is 0. The third-order valence-corrected chi connectivity index (χ3v) is 2.22. The number of amides is 1. The molecule has 1 aromatic heterocycles. The zero-order chi connectivity index (χ0) is 13.7. The van der Waals surface area contributed by atoms with Gasteiger partial charge in [-0.15, -0.1) is 0 Å². The first-order valence-electron chi connectivity index (χ1n) is 5.28. The van der Waals surface area contributed by atoms with Crippen LogP contribution < -0.4 is 5.43 Å². The number of nitro groups is 1. The molecule has 2 aromatic rings. The van der Waals surface area contributed by atoms with Crippen molar-refractivity contribution in [3.63, 3.8) is 0 Å². The molecule has 0 saturated heterocycles. The highest BCUT2D eigenvalue weighted by molar-refractivity contribution is 5.95. The summed E-state index contributed by atoms with van der Waals surface area (Å²) in [5.41, 5.74) is 2.26. The van der Waals surface area contributed by atoms with E-state index in [2.05, 4.69) is 10.5 Å². The Balaban J connectivity index is 2.04. The maximum Gasteiger partial charge on any atom is 0.271 e. The number of hydrogen-bond donors (Lipinski definition) is 1. The van der Waals surface area contributed by atoms with E-state index in [0.29, 0.717) is 5.76 Å². The van der Waals surface area contributed by atoms with Gasteiger partial charge in [-0.05, 0) is 18.2 Å². The molecule has 0 aliphatic heterocycles. The van der Waals surface area contributed by atoms with Crippen LogP contribution in [0.15, 0.2) is 52.2 Å². The van der Waals surface area contributed by atoms with E-state index < -0.39 is 10.8 Å². The summed E-state index contributed by atoms with van der Waals surface area (Å²) < 4.78 is 4.98. The first kappa shape index (κ1) is 12.5. The van der Waals surface area contributed by atoms with Gasteiger partial charge in [0.1, 0.15) is 5.76 Å². The first-order valence-corrected chi connectivity index (χ1v) is 5.28. The molecule has 19 heavy (non-hydrogen) atoms. The number of nitrogens with zero attached hydrogens (tertiary/aromatic N) is 2. The first-order chi connectivity index (χ1) is 9.16. The number of benzene rings is 1. The van der Waals surface area contributed by atoms with Gasteiger partial charge >= 0.3 is 0 Å². The lowest BCUT2D eigenvalue weighted by Crippen LogP contribution is -2.17. The average molecular weight is 259 g/mol. The number of carbonyl (C=O) groups excluding carboxylic acids is 1. The normalized spacial score (nSPS) is 10.5. The smallest absolute Gasteiger partial charge is 0.271 e. The summed E-state index contributed by atoms with van der Waals surface area (Å²) in [6.45, 7) is 0. The van der Waals surface area contributed by atoms with Crippen molar-refractivity contribution in [1.82, 2.24) is 5.43 Å². The van der Waals surface area contributed by atoms with Crippen LogP contribution in [0.3, 0.4) is 0 Å². The van der Waals surface area contributed by atoms with Gasteiger partial charge in [-0.1, -0.05) is 6.07 Å². The standard InChI is InChI=1S/C12H9N3O4/c16-12(14-13-8-11-5-2-6-19-11)9-3-1-4-10(7-9)15(17)18/h1-8H,(H,14,16).